The zero-order valence-electron chi connectivity index (χ0n) is 5.48. The van der Waals surface area contributed by atoms with Gasteiger partial charge in [0.15, 0.2) is 5.78 Å². The van der Waals surface area contributed by atoms with Crippen LogP contribution in [0.1, 0.15) is 13.8 Å². The minimum absolute atomic E-state index is 0.0156. The fourth-order valence-electron chi connectivity index (χ4n) is 0.238. The summed E-state index contributed by atoms with van der Waals surface area (Å²) >= 11 is 1.95. The van der Waals surface area contributed by atoms with E-state index in [1.807, 2.05) is 22.6 Å². The first-order valence-corrected chi connectivity index (χ1v) is 4.12. The van der Waals surface area contributed by atoms with Gasteiger partial charge in [0.25, 0.3) is 0 Å². The van der Waals surface area contributed by atoms with Gasteiger partial charge in [-0.25, -0.2) is 0 Å². The summed E-state index contributed by atoms with van der Waals surface area (Å²) in [4.78, 5) is 21.0. The van der Waals surface area contributed by atoms with Crippen LogP contribution in [0.5, 0.6) is 0 Å². The molecule has 0 rings (SSSR count). The Balaban J connectivity index is 4.14. The van der Waals surface area contributed by atoms with Crippen LogP contribution < -0.4 is 0 Å². The van der Waals surface area contributed by atoms with Crippen molar-refractivity contribution in [1.29, 1.82) is 0 Å². The molecule has 0 saturated heterocycles. The predicted molar refractivity (Wildman–Crippen MR) is 43.7 cm³/mol. The first kappa shape index (κ1) is 9.07. The summed E-state index contributed by atoms with van der Waals surface area (Å²) in [5.74, 6) is -0.0156. The topological polar surface area (TPSA) is 34.1 Å². The summed E-state index contributed by atoms with van der Waals surface area (Å²) in [5, 5.41) is 0. The molecule has 0 saturated carbocycles. The van der Waals surface area contributed by atoms with E-state index in [1.54, 1.807) is 13.8 Å². The van der Waals surface area contributed by atoms with E-state index in [0.29, 0.717) is 10.7 Å². The lowest BCUT2D eigenvalue weighted by Crippen LogP contribution is -2.26. The van der Waals surface area contributed by atoms with Crippen molar-refractivity contribution in [2.45, 2.75) is 13.8 Å². The van der Waals surface area contributed by atoms with Crippen LogP contribution in [0.3, 0.4) is 0 Å². The van der Waals surface area contributed by atoms with Gasteiger partial charge in [0.1, 0.15) is 6.29 Å². The molecule has 9 heavy (non-hydrogen) atoms. The van der Waals surface area contributed by atoms with Crippen LogP contribution in [-0.2, 0) is 9.59 Å². The molecule has 0 aromatic carbocycles. The molecule has 0 amide bonds. The molecule has 0 aliphatic carbocycles. The second-order valence-corrected chi connectivity index (χ2v) is 3.16. The van der Waals surface area contributed by atoms with Crippen LogP contribution in [0.2, 0.25) is 0 Å². The lowest BCUT2D eigenvalue weighted by molar-refractivity contribution is -0.130. The molecule has 0 aromatic heterocycles. The standard InChI is InChI=1S/C6H9IO2/c1-6(2,4-8)5(9)3-7/h4H,3H2,1-2H3. The van der Waals surface area contributed by atoms with Crippen LogP contribution in [-0.4, -0.2) is 16.5 Å². The number of hydrogen-bond donors (Lipinski definition) is 0. The maximum Gasteiger partial charge on any atom is 0.155 e. The van der Waals surface area contributed by atoms with Crippen LogP contribution in [0, 0.1) is 5.41 Å². The number of aldehydes is 1. The molecular weight excluding hydrogens is 231 g/mol. The molecule has 2 nitrogen and oxygen atoms in total. The van der Waals surface area contributed by atoms with E-state index < -0.39 is 5.41 Å². The van der Waals surface area contributed by atoms with Crippen LogP contribution in [0.25, 0.3) is 0 Å². The second kappa shape index (κ2) is 3.29. The summed E-state index contributed by atoms with van der Waals surface area (Å²) in [6, 6.07) is 0. The SMILES string of the molecule is CC(C)(C=O)C(=O)CI. The average Bonchev–Trinajstić information content (AvgIpc) is 1.86. The Morgan fingerprint density at radius 2 is 2.11 bits per heavy atom. The fraction of sp³-hybridized carbons (Fsp3) is 0.667. The number of carbonyl (C=O) groups is 2. The summed E-state index contributed by atoms with van der Waals surface area (Å²) < 4.78 is 0.406. The Morgan fingerprint density at radius 3 is 2.22 bits per heavy atom. The molecule has 0 N–H and O–H groups in total. The van der Waals surface area contributed by atoms with Crippen molar-refractivity contribution < 1.29 is 9.59 Å². The monoisotopic (exact) mass is 240 g/mol. The molecule has 0 aromatic rings. The molecule has 0 unspecified atom stereocenters. The molecule has 0 aliphatic heterocycles. The number of ketones is 1. The van der Waals surface area contributed by atoms with Crippen LogP contribution in [0.15, 0.2) is 0 Å². The number of Topliss-reactive ketones (excluding diaryl/α,β-unsaturated/α-hetero) is 1. The van der Waals surface area contributed by atoms with E-state index in [-0.39, 0.29) is 5.78 Å². The number of alkyl halides is 1. The molecular formula is C6H9IO2. The van der Waals surface area contributed by atoms with E-state index >= 15 is 0 Å². The maximum absolute atomic E-state index is 10.8. The first-order chi connectivity index (χ1) is 4.04. The Hall–Kier alpha value is 0.0700. The van der Waals surface area contributed by atoms with E-state index in [2.05, 4.69) is 0 Å². The van der Waals surface area contributed by atoms with Crippen molar-refractivity contribution >= 4 is 34.7 Å². The van der Waals surface area contributed by atoms with Gasteiger partial charge in [-0.05, 0) is 13.8 Å². The van der Waals surface area contributed by atoms with E-state index in [4.69, 9.17) is 0 Å². The summed E-state index contributed by atoms with van der Waals surface area (Å²) in [7, 11) is 0. The molecule has 0 radical (unpaired) electrons. The zero-order chi connectivity index (χ0) is 7.49. The van der Waals surface area contributed by atoms with Gasteiger partial charge in [-0.2, -0.15) is 0 Å². The van der Waals surface area contributed by atoms with Crippen molar-refractivity contribution in [3.05, 3.63) is 0 Å². The quantitative estimate of drug-likeness (QED) is 0.321. The minimum Gasteiger partial charge on any atom is -0.302 e. The summed E-state index contributed by atoms with van der Waals surface area (Å²) in [5.41, 5.74) is -0.777. The highest BCUT2D eigenvalue weighted by Gasteiger charge is 2.24. The second-order valence-electron chi connectivity index (χ2n) is 2.40. The molecule has 0 aliphatic rings. The highest BCUT2D eigenvalue weighted by molar-refractivity contribution is 14.1. The Bertz CT molecular complexity index is 129. The van der Waals surface area contributed by atoms with Crippen molar-refractivity contribution in [2.75, 3.05) is 4.43 Å². The van der Waals surface area contributed by atoms with Gasteiger partial charge < -0.3 is 4.79 Å². The third-order valence-corrected chi connectivity index (χ3v) is 1.83. The normalized spacial score (nSPS) is 11.0. The first-order valence-electron chi connectivity index (χ1n) is 2.60. The lowest BCUT2D eigenvalue weighted by atomic mass is 9.91. The van der Waals surface area contributed by atoms with Gasteiger partial charge >= 0.3 is 0 Å². The minimum atomic E-state index is -0.777. The number of carbonyl (C=O) groups excluding carboxylic acids is 2. The largest absolute Gasteiger partial charge is 0.302 e. The maximum atomic E-state index is 10.8. The molecule has 0 atom stereocenters. The molecule has 0 spiro atoms. The van der Waals surface area contributed by atoms with Gasteiger partial charge in [0, 0.05) is 0 Å². The smallest absolute Gasteiger partial charge is 0.155 e. The van der Waals surface area contributed by atoms with Crippen molar-refractivity contribution in [2.24, 2.45) is 5.41 Å². The molecule has 52 valence electrons. The van der Waals surface area contributed by atoms with Gasteiger partial charge in [-0.15, -0.1) is 0 Å². The van der Waals surface area contributed by atoms with Gasteiger partial charge in [-0.3, -0.25) is 4.79 Å². The predicted octanol–water partition coefficient (Wildman–Crippen LogP) is 1.22. The highest BCUT2D eigenvalue weighted by Crippen LogP contribution is 2.13. The molecule has 3 heteroatoms. The number of hydrogen-bond acceptors (Lipinski definition) is 2. The van der Waals surface area contributed by atoms with Crippen molar-refractivity contribution in [3.63, 3.8) is 0 Å². The van der Waals surface area contributed by atoms with Gasteiger partial charge in [-0.1, -0.05) is 22.6 Å². The lowest BCUT2D eigenvalue weighted by Gasteiger charge is -2.11. The van der Waals surface area contributed by atoms with Crippen LogP contribution in [0.4, 0.5) is 0 Å². The zero-order valence-corrected chi connectivity index (χ0v) is 7.64. The van der Waals surface area contributed by atoms with E-state index in [1.165, 1.54) is 0 Å². The average molecular weight is 240 g/mol. The molecule has 0 heterocycles. The number of halogens is 1. The third kappa shape index (κ3) is 2.43. The van der Waals surface area contributed by atoms with Gasteiger partial charge in [0.05, 0.1) is 9.84 Å². The Morgan fingerprint density at radius 1 is 1.67 bits per heavy atom. The summed E-state index contributed by atoms with van der Waals surface area (Å²) in [6.45, 7) is 3.25. The van der Waals surface area contributed by atoms with E-state index in [0.717, 1.165) is 0 Å². The van der Waals surface area contributed by atoms with Gasteiger partial charge in [0.2, 0.25) is 0 Å². The molecule has 0 bridgehead atoms. The van der Waals surface area contributed by atoms with Crippen molar-refractivity contribution in [1.82, 2.24) is 0 Å². The fourth-order valence-corrected chi connectivity index (χ4v) is 1.22. The number of rotatable bonds is 3. The third-order valence-electron chi connectivity index (χ3n) is 1.13. The highest BCUT2D eigenvalue weighted by atomic mass is 127. The van der Waals surface area contributed by atoms with Crippen molar-refractivity contribution in [3.8, 4) is 0 Å². The Kier molecular flexibility index (Phi) is 3.32. The molecule has 0 fully saturated rings. The Labute approximate surface area is 68.1 Å². The van der Waals surface area contributed by atoms with Crippen LogP contribution >= 0.6 is 22.6 Å². The van der Waals surface area contributed by atoms with E-state index in [9.17, 15) is 9.59 Å². The summed E-state index contributed by atoms with van der Waals surface area (Å²) in [6.07, 6.45) is 0.688.